The van der Waals surface area contributed by atoms with Crippen LogP contribution in [0.25, 0.3) is 0 Å². The van der Waals surface area contributed by atoms with Gasteiger partial charge >= 0.3 is 0 Å². The average molecular weight is 389 g/mol. The van der Waals surface area contributed by atoms with Gasteiger partial charge in [-0.3, -0.25) is 4.99 Å². The number of aryl methyl sites for hydroxylation is 1. The van der Waals surface area contributed by atoms with Gasteiger partial charge < -0.3 is 10.3 Å². The Kier molecular flexibility index (Phi) is 10.7. The number of unbranched alkanes of at least 4 members (excludes halogenated alkanes) is 1. The molecule has 6 heteroatoms. The van der Waals surface area contributed by atoms with Crippen LogP contribution < -0.4 is 5.32 Å². The first-order chi connectivity index (χ1) is 10.4. The molecule has 0 aliphatic heterocycles. The van der Waals surface area contributed by atoms with Crippen LogP contribution in [-0.2, 0) is 6.42 Å². The molecule has 1 aromatic heterocycles. The summed E-state index contributed by atoms with van der Waals surface area (Å²) in [5, 5.41) is 4.83. The number of imidazole rings is 1. The van der Waals surface area contributed by atoms with Gasteiger partial charge in [0.2, 0.25) is 0 Å². The third-order valence-corrected chi connectivity index (χ3v) is 4.85. The molecule has 0 aromatic carbocycles. The minimum Gasteiger partial charge on any atom is -0.362 e. The lowest BCUT2D eigenvalue weighted by Gasteiger charge is -2.15. The number of aromatic nitrogens is 2. The molecule has 0 atom stereocenters. The molecule has 0 amide bonds. The van der Waals surface area contributed by atoms with Crippen molar-refractivity contribution in [2.24, 2.45) is 4.99 Å². The van der Waals surface area contributed by atoms with Crippen LogP contribution in [0.4, 0.5) is 0 Å². The van der Waals surface area contributed by atoms with Crippen molar-refractivity contribution in [2.75, 3.05) is 12.3 Å². The van der Waals surface area contributed by atoms with Crippen LogP contribution >= 0.6 is 28.7 Å². The van der Waals surface area contributed by atoms with E-state index in [9.17, 15) is 0 Å². The molecular weight excluding hydrogens is 360 g/mol. The molecule has 2 rings (SSSR count). The van der Waals surface area contributed by atoms with E-state index in [4.69, 9.17) is 4.99 Å². The van der Waals surface area contributed by atoms with Crippen molar-refractivity contribution in [3.05, 3.63) is 18.2 Å². The van der Waals surface area contributed by atoms with E-state index in [-0.39, 0.29) is 17.0 Å². The zero-order valence-corrected chi connectivity index (χ0v) is 16.0. The second-order valence-electron chi connectivity index (χ2n) is 5.70. The molecule has 0 bridgehead atoms. The van der Waals surface area contributed by atoms with Gasteiger partial charge in [-0.25, -0.2) is 4.98 Å². The van der Waals surface area contributed by atoms with Crippen molar-refractivity contribution in [1.82, 2.24) is 15.3 Å². The largest absolute Gasteiger partial charge is 0.362 e. The standard InChI is InChI=1S/C16H28N4S.BrH/c1-2-3-10-18-16(20-14-7-4-5-8-14)21-11-6-9-15-12-17-13-19-15;/h12-14H,2-11H2,1H3,(H,17,19)(H,18,20);1H. The van der Waals surface area contributed by atoms with Crippen LogP contribution in [0.1, 0.15) is 57.6 Å². The number of nitrogens with one attached hydrogen (secondary N) is 2. The van der Waals surface area contributed by atoms with Gasteiger partial charge in [0.05, 0.1) is 6.33 Å². The molecule has 2 N–H and O–H groups in total. The number of aliphatic imine (C=N–C) groups is 1. The number of halogens is 1. The van der Waals surface area contributed by atoms with E-state index >= 15 is 0 Å². The van der Waals surface area contributed by atoms with E-state index < -0.39 is 0 Å². The molecule has 1 heterocycles. The molecule has 1 aromatic rings. The predicted octanol–water partition coefficient (Wildman–Crippen LogP) is 4.34. The first kappa shape index (κ1) is 19.6. The summed E-state index contributed by atoms with van der Waals surface area (Å²) in [5.41, 5.74) is 1.23. The fourth-order valence-electron chi connectivity index (χ4n) is 2.57. The Morgan fingerprint density at radius 3 is 2.91 bits per heavy atom. The van der Waals surface area contributed by atoms with Crippen LogP contribution in [-0.4, -0.2) is 33.5 Å². The maximum absolute atomic E-state index is 4.76. The second-order valence-corrected chi connectivity index (χ2v) is 6.78. The molecule has 0 spiro atoms. The van der Waals surface area contributed by atoms with E-state index in [0.717, 1.165) is 25.1 Å². The third-order valence-electron chi connectivity index (χ3n) is 3.83. The van der Waals surface area contributed by atoms with Crippen LogP contribution in [0.3, 0.4) is 0 Å². The van der Waals surface area contributed by atoms with Gasteiger partial charge in [-0.1, -0.05) is 37.9 Å². The highest BCUT2D eigenvalue weighted by molar-refractivity contribution is 8.93. The minimum atomic E-state index is 0. The van der Waals surface area contributed by atoms with Crippen LogP contribution in [0, 0.1) is 0 Å². The smallest absolute Gasteiger partial charge is 0.156 e. The molecule has 0 unspecified atom stereocenters. The number of H-pyrrole nitrogens is 1. The molecule has 126 valence electrons. The Labute approximate surface area is 149 Å². The fraction of sp³-hybridized carbons (Fsp3) is 0.750. The Morgan fingerprint density at radius 2 is 2.23 bits per heavy atom. The van der Waals surface area contributed by atoms with Crippen molar-refractivity contribution in [3.8, 4) is 0 Å². The number of hydrogen-bond acceptors (Lipinski definition) is 3. The Balaban J connectivity index is 0.00000242. The first-order valence-electron chi connectivity index (χ1n) is 8.29. The van der Waals surface area contributed by atoms with Gasteiger partial charge in [0.1, 0.15) is 0 Å². The lowest BCUT2D eigenvalue weighted by molar-refractivity contribution is 0.633. The summed E-state index contributed by atoms with van der Waals surface area (Å²) in [7, 11) is 0. The van der Waals surface area contributed by atoms with Gasteiger partial charge in [0.15, 0.2) is 5.17 Å². The SMILES string of the molecule is Br.CCCCN=C(NC1CCCC1)SCCCc1cnc[nH]1. The van der Waals surface area contributed by atoms with E-state index in [0.29, 0.717) is 6.04 Å². The average Bonchev–Trinajstić information content (AvgIpc) is 3.17. The normalized spacial score (nSPS) is 15.8. The molecule has 4 nitrogen and oxygen atoms in total. The monoisotopic (exact) mass is 388 g/mol. The van der Waals surface area contributed by atoms with Crippen molar-refractivity contribution in [2.45, 2.75) is 64.3 Å². The fourth-order valence-corrected chi connectivity index (χ4v) is 3.48. The van der Waals surface area contributed by atoms with E-state index in [1.54, 1.807) is 6.33 Å². The molecular formula is C16H29BrN4S. The molecule has 1 aliphatic carbocycles. The topological polar surface area (TPSA) is 53.1 Å². The minimum absolute atomic E-state index is 0. The van der Waals surface area contributed by atoms with Gasteiger partial charge in [-0.05, 0) is 32.1 Å². The van der Waals surface area contributed by atoms with Gasteiger partial charge in [0, 0.05) is 30.2 Å². The number of amidine groups is 1. The predicted molar refractivity (Wildman–Crippen MR) is 102 cm³/mol. The molecule has 1 aliphatic rings. The summed E-state index contributed by atoms with van der Waals surface area (Å²) in [6.45, 7) is 3.18. The Morgan fingerprint density at radius 1 is 1.41 bits per heavy atom. The van der Waals surface area contributed by atoms with Crippen molar-refractivity contribution in [3.63, 3.8) is 0 Å². The molecule has 0 radical (unpaired) electrons. The highest BCUT2D eigenvalue weighted by Gasteiger charge is 2.16. The summed E-state index contributed by atoms with van der Waals surface area (Å²) in [5.74, 6) is 1.11. The Bertz CT molecular complexity index is 402. The number of aromatic amines is 1. The molecule has 1 fully saturated rings. The van der Waals surface area contributed by atoms with E-state index in [1.807, 2.05) is 18.0 Å². The highest BCUT2D eigenvalue weighted by Crippen LogP contribution is 2.19. The lowest BCUT2D eigenvalue weighted by atomic mass is 10.3. The molecule has 1 saturated carbocycles. The second kappa shape index (κ2) is 12.0. The number of thioether (sulfide) groups is 1. The summed E-state index contributed by atoms with van der Waals surface area (Å²) in [6.07, 6.45) is 13.6. The van der Waals surface area contributed by atoms with Crippen LogP contribution in [0.5, 0.6) is 0 Å². The summed E-state index contributed by atoms with van der Waals surface area (Å²) >= 11 is 1.89. The van der Waals surface area contributed by atoms with Crippen molar-refractivity contribution >= 4 is 33.9 Å². The summed E-state index contributed by atoms with van der Waals surface area (Å²) in [6, 6.07) is 0.658. The summed E-state index contributed by atoms with van der Waals surface area (Å²) in [4.78, 5) is 12.0. The molecule has 0 saturated heterocycles. The first-order valence-corrected chi connectivity index (χ1v) is 9.28. The third kappa shape index (κ3) is 7.68. The van der Waals surface area contributed by atoms with Gasteiger partial charge in [-0.2, -0.15) is 0 Å². The number of rotatable bonds is 8. The highest BCUT2D eigenvalue weighted by atomic mass is 79.9. The van der Waals surface area contributed by atoms with Crippen molar-refractivity contribution in [1.29, 1.82) is 0 Å². The van der Waals surface area contributed by atoms with Crippen molar-refractivity contribution < 1.29 is 0 Å². The van der Waals surface area contributed by atoms with E-state index in [1.165, 1.54) is 49.4 Å². The quantitative estimate of drug-likeness (QED) is 0.395. The van der Waals surface area contributed by atoms with Crippen LogP contribution in [0.2, 0.25) is 0 Å². The van der Waals surface area contributed by atoms with Crippen LogP contribution in [0.15, 0.2) is 17.5 Å². The summed E-state index contributed by atoms with van der Waals surface area (Å²) < 4.78 is 0. The number of nitrogens with zero attached hydrogens (tertiary/aromatic N) is 2. The zero-order chi connectivity index (χ0) is 14.8. The lowest BCUT2D eigenvalue weighted by Crippen LogP contribution is -2.31. The number of hydrogen-bond donors (Lipinski definition) is 2. The van der Waals surface area contributed by atoms with E-state index in [2.05, 4.69) is 22.2 Å². The molecule has 22 heavy (non-hydrogen) atoms. The maximum Gasteiger partial charge on any atom is 0.156 e. The Hall–Kier alpha value is -0.490. The van der Waals surface area contributed by atoms with Gasteiger partial charge in [-0.15, -0.1) is 17.0 Å². The zero-order valence-electron chi connectivity index (χ0n) is 13.5. The maximum atomic E-state index is 4.76. The van der Waals surface area contributed by atoms with Gasteiger partial charge in [0.25, 0.3) is 0 Å².